The summed E-state index contributed by atoms with van der Waals surface area (Å²) in [4.78, 5) is 14.7. The van der Waals surface area contributed by atoms with Gasteiger partial charge in [-0.3, -0.25) is 4.79 Å². The molecule has 0 spiro atoms. The van der Waals surface area contributed by atoms with E-state index in [1.165, 1.54) is 12.0 Å². The lowest BCUT2D eigenvalue weighted by atomic mass is 10.0. The van der Waals surface area contributed by atoms with Crippen LogP contribution in [0.25, 0.3) is 0 Å². The molecule has 1 aliphatic carbocycles. The zero-order valence-corrected chi connectivity index (χ0v) is 14.6. The molecule has 1 aromatic rings. The van der Waals surface area contributed by atoms with Gasteiger partial charge in [0.2, 0.25) is 5.91 Å². The van der Waals surface area contributed by atoms with Crippen molar-refractivity contribution in [1.29, 1.82) is 0 Å². The quantitative estimate of drug-likeness (QED) is 0.831. The average molecular weight is 339 g/mol. The van der Waals surface area contributed by atoms with Gasteiger partial charge in [-0.2, -0.15) is 0 Å². The molecule has 2 aliphatic rings. The fraction of sp³-hybridized carbons (Fsp3) is 0.611. The number of rotatable bonds is 7. The number of benzene rings is 1. The Bertz CT molecular complexity index is 496. The summed E-state index contributed by atoms with van der Waals surface area (Å²) in [5, 5.41) is 3.37. The average Bonchev–Trinajstić information content (AvgIpc) is 3.26. The van der Waals surface area contributed by atoms with E-state index >= 15 is 0 Å². The Hall–Kier alpha value is -1.26. The maximum Gasteiger partial charge on any atom is 0.223 e. The van der Waals surface area contributed by atoms with Crippen LogP contribution in [0, 0.1) is 5.92 Å². The summed E-state index contributed by atoms with van der Waals surface area (Å²) in [6, 6.07) is 8.52. The number of halogens is 1. The minimum atomic E-state index is 0. The van der Waals surface area contributed by atoms with Gasteiger partial charge in [0.25, 0.3) is 0 Å². The summed E-state index contributed by atoms with van der Waals surface area (Å²) < 4.78 is 5.19. The van der Waals surface area contributed by atoms with Crippen molar-refractivity contribution in [3.8, 4) is 5.75 Å². The molecule has 1 aliphatic heterocycles. The first-order valence-electron chi connectivity index (χ1n) is 8.39. The second-order valence-electron chi connectivity index (χ2n) is 6.50. The number of amides is 1. The molecule has 0 aromatic heterocycles. The number of nitrogens with one attached hydrogen (secondary N) is 1. The van der Waals surface area contributed by atoms with Crippen LogP contribution in [-0.2, 0) is 11.3 Å². The largest absolute Gasteiger partial charge is 0.497 e. The highest BCUT2D eigenvalue weighted by atomic mass is 35.5. The van der Waals surface area contributed by atoms with Crippen LogP contribution in [0.3, 0.4) is 0 Å². The van der Waals surface area contributed by atoms with Crippen LogP contribution < -0.4 is 10.1 Å². The first-order chi connectivity index (χ1) is 10.8. The van der Waals surface area contributed by atoms with Crippen LogP contribution in [0.15, 0.2) is 24.3 Å². The van der Waals surface area contributed by atoms with E-state index in [4.69, 9.17) is 4.74 Å². The van der Waals surface area contributed by atoms with Gasteiger partial charge in [0.1, 0.15) is 5.75 Å². The van der Waals surface area contributed by atoms with Crippen molar-refractivity contribution in [3.05, 3.63) is 29.8 Å². The van der Waals surface area contributed by atoms with E-state index in [0.717, 1.165) is 44.6 Å². The van der Waals surface area contributed by atoms with Gasteiger partial charge in [0.15, 0.2) is 0 Å². The molecule has 3 rings (SSSR count). The van der Waals surface area contributed by atoms with Crippen molar-refractivity contribution in [1.82, 2.24) is 10.2 Å². The lowest BCUT2D eigenvalue weighted by Gasteiger charge is -2.23. The Kier molecular flexibility index (Phi) is 6.72. The molecule has 1 atom stereocenters. The first kappa shape index (κ1) is 18.1. The van der Waals surface area contributed by atoms with E-state index in [2.05, 4.69) is 22.3 Å². The van der Waals surface area contributed by atoms with Gasteiger partial charge in [-0.05, 0) is 62.4 Å². The number of nitrogens with zero attached hydrogens (tertiary/aromatic N) is 1. The lowest BCUT2D eigenvalue weighted by molar-refractivity contribution is -0.132. The Morgan fingerprint density at radius 2 is 2.00 bits per heavy atom. The molecule has 128 valence electrons. The topological polar surface area (TPSA) is 41.6 Å². The molecule has 1 saturated carbocycles. The summed E-state index contributed by atoms with van der Waals surface area (Å²) in [5.41, 5.74) is 1.18. The van der Waals surface area contributed by atoms with Crippen molar-refractivity contribution in [3.63, 3.8) is 0 Å². The van der Waals surface area contributed by atoms with Crippen molar-refractivity contribution < 1.29 is 9.53 Å². The smallest absolute Gasteiger partial charge is 0.223 e. The minimum Gasteiger partial charge on any atom is -0.497 e. The highest BCUT2D eigenvalue weighted by Gasteiger charge is 2.32. The van der Waals surface area contributed by atoms with E-state index < -0.39 is 0 Å². The molecular formula is C18H27ClN2O2. The van der Waals surface area contributed by atoms with Crippen molar-refractivity contribution in [2.24, 2.45) is 5.92 Å². The van der Waals surface area contributed by atoms with Gasteiger partial charge < -0.3 is 15.0 Å². The summed E-state index contributed by atoms with van der Waals surface area (Å²) in [6.07, 6.45) is 5.26. The molecule has 23 heavy (non-hydrogen) atoms. The molecule has 0 radical (unpaired) electrons. The number of carbonyl (C=O) groups excluding carboxylic acids is 1. The Morgan fingerprint density at radius 3 is 2.57 bits per heavy atom. The van der Waals surface area contributed by atoms with Gasteiger partial charge in [0.05, 0.1) is 7.11 Å². The number of hydrogen-bond donors (Lipinski definition) is 1. The molecule has 1 aromatic carbocycles. The van der Waals surface area contributed by atoms with E-state index in [1.54, 1.807) is 7.11 Å². The number of carbonyl (C=O) groups is 1. The zero-order chi connectivity index (χ0) is 15.4. The molecule has 1 unspecified atom stereocenters. The number of ether oxygens (including phenoxy) is 1. The maximum absolute atomic E-state index is 12.6. The van der Waals surface area contributed by atoms with Gasteiger partial charge in [-0.25, -0.2) is 0 Å². The van der Waals surface area contributed by atoms with Crippen LogP contribution >= 0.6 is 12.4 Å². The highest BCUT2D eigenvalue weighted by molar-refractivity contribution is 5.85. The SMILES string of the molecule is COc1ccc(CN(C(=O)CCC2CCNC2)C2CC2)cc1.Cl. The minimum absolute atomic E-state index is 0. The molecular weight excluding hydrogens is 312 g/mol. The standard InChI is InChI=1S/C18H26N2O2.ClH/c1-22-17-7-2-15(3-8-17)13-20(16-5-6-16)18(21)9-4-14-10-11-19-12-14;/h2-3,7-8,14,16,19H,4-6,9-13H2,1H3;1H. The normalized spacial score (nSPS) is 20.0. The third kappa shape index (κ3) is 5.11. The van der Waals surface area contributed by atoms with E-state index in [9.17, 15) is 4.79 Å². The Balaban J connectivity index is 0.00000192. The zero-order valence-electron chi connectivity index (χ0n) is 13.8. The molecule has 2 fully saturated rings. The maximum atomic E-state index is 12.6. The first-order valence-corrected chi connectivity index (χ1v) is 8.39. The Morgan fingerprint density at radius 1 is 1.26 bits per heavy atom. The molecule has 4 nitrogen and oxygen atoms in total. The predicted molar refractivity (Wildman–Crippen MR) is 94.0 cm³/mol. The molecule has 0 bridgehead atoms. The lowest BCUT2D eigenvalue weighted by Crippen LogP contribution is -2.32. The van der Waals surface area contributed by atoms with Gasteiger partial charge in [-0.15, -0.1) is 12.4 Å². The van der Waals surface area contributed by atoms with Crippen LogP contribution in [0.1, 0.15) is 37.7 Å². The summed E-state index contributed by atoms with van der Waals surface area (Å²) in [6.45, 7) is 2.92. The Labute approximate surface area is 145 Å². The molecule has 1 amide bonds. The summed E-state index contributed by atoms with van der Waals surface area (Å²) >= 11 is 0. The van der Waals surface area contributed by atoms with E-state index in [0.29, 0.717) is 24.3 Å². The van der Waals surface area contributed by atoms with Crippen LogP contribution in [0.2, 0.25) is 0 Å². The van der Waals surface area contributed by atoms with Crippen LogP contribution in [0.5, 0.6) is 5.75 Å². The third-order valence-electron chi connectivity index (χ3n) is 4.75. The second-order valence-corrected chi connectivity index (χ2v) is 6.50. The highest BCUT2D eigenvalue weighted by Crippen LogP contribution is 2.30. The monoisotopic (exact) mass is 338 g/mol. The van der Waals surface area contributed by atoms with Gasteiger partial charge in [0, 0.05) is 19.0 Å². The number of hydrogen-bond acceptors (Lipinski definition) is 3. The number of methoxy groups -OCH3 is 1. The van der Waals surface area contributed by atoms with Gasteiger partial charge >= 0.3 is 0 Å². The van der Waals surface area contributed by atoms with E-state index in [1.807, 2.05) is 12.1 Å². The second kappa shape index (κ2) is 8.55. The summed E-state index contributed by atoms with van der Waals surface area (Å²) in [7, 11) is 1.67. The van der Waals surface area contributed by atoms with Crippen molar-refractivity contribution in [2.45, 2.75) is 44.7 Å². The molecule has 1 saturated heterocycles. The third-order valence-corrected chi connectivity index (χ3v) is 4.75. The van der Waals surface area contributed by atoms with Gasteiger partial charge in [-0.1, -0.05) is 12.1 Å². The van der Waals surface area contributed by atoms with Crippen molar-refractivity contribution >= 4 is 18.3 Å². The van der Waals surface area contributed by atoms with E-state index in [-0.39, 0.29) is 12.4 Å². The fourth-order valence-electron chi connectivity index (χ4n) is 3.17. The molecule has 5 heteroatoms. The summed E-state index contributed by atoms with van der Waals surface area (Å²) in [5.74, 6) is 1.87. The van der Waals surface area contributed by atoms with Crippen molar-refractivity contribution in [2.75, 3.05) is 20.2 Å². The van der Waals surface area contributed by atoms with Crippen LogP contribution in [-0.4, -0.2) is 37.0 Å². The van der Waals surface area contributed by atoms with Crippen LogP contribution in [0.4, 0.5) is 0 Å². The molecule has 1 N–H and O–H groups in total. The predicted octanol–water partition coefficient (Wildman–Crippen LogP) is 3.00. The molecule has 1 heterocycles. The fourth-order valence-corrected chi connectivity index (χ4v) is 3.17.